The van der Waals surface area contributed by atoms with Crippen molar-refractivity contribution in [3.8, 4) is 5.75 Å². The largest absolute Gasteiger partial charge is 0.497 e. The van der Waals surface area contributed by atoms with Gasteiger partial charge >= 0.3 is 5.97 Å². The van der Waals surface area contributed by atoms with E-state index in [2.05, 4.69) is 4.98 Å². The summed E-state index contributed by atoms with van der Waals surface area (Å²) >= 11 is 0. The summed E-state index contributed by atoms with van der Waals surface area (Å²) in [6.07, 6.45) is 0. The lowest BCUT2D eigenvalue weighted by Gasteiger charge is -2.23. The molecule has 0 bridgehead atoms. The smallest absolute Gasteiger partial charge is 0.340 e. The molecule has 1 aromatic heterocycles. The number of amides is 1. The first-order valence-corrected chi connectivity index (χ1v) is 10.4. The zero-order chi connectivity index (χ0) is 23.3. The fourth-order valence-corrected chi connectivity index (χ4v) is 3.60. The zero-order valence-corrected chi connectivity index (χ0v) is 18.7. The lowest BCUT2D eigenvalue weighted by atomic mass is 10.1. The first kappa shape index (κ1) is 23.1. The number of rotatable bonds is 8. The van der Waals surface area contributed by atoms with Crippen LogP contribution in [-0.4, -0.2) is 35.5 Å². The number of hydrogen-bond acceptors (Lipinski definition) is 4. The number of aryl methyl sites for hydroxylation is 1. The van der Waals surface area contributed by atoms with E-state index in [1.165, 1.54) is 24.3 Å². The van der Waals surface area contributed by atoms with Crippen molar-refractivity contribution < 1.29 is 23.5 Å². The highest BCUT2D eigenvalue weighted by Gasteiger charge is 2.23. The molecule has 1 N–H and O–H groups in total. The van der Waals surface area contributed by atoms with Gasteiger partial charge in [0.2, 0.25) is 0 Å². The minimum Gasteiger partial charge on any atom is -0.497 e. The van der Waals surface area contributed by atoms with Crippen molar-refractivity contribution >= 4 is 11.9 Å². The van der Waals surface area contributed by atoms with E-state index in [9.17, 15) is 14.0 Å². The molecule has 3 rings (SSSR count). The Labute approximate surface area is 187 Å². The van der Waals surface area contributed by atoms with E-state index >= 15 is 0 Å². The van der Waals surface area contributed by atoms with Crippen molar-refractivity contribution in [1.29, 1.82) is 0 Å². The van der Waals surface area contributed by atoms with Gasteiger partial charge in [0.1, 0.15) is 11.6 Å². The summed E-state index contributed by atoms with van der Waals surface area (Å²) in [4.78, 5) is 30.5. The molecular weight excluding hydrogens is 411 g/mol. The second-order valence-corrected chi connectivity index (χ2v) is 7.47. The Morgan fingerprint density at radius 3 is 2.25 bits per heavy atom. The number of esters is 1. The van der Waals surface area contributed by atoms with E-state index < -0.39 is 11.8 Å². The van der Waals surface area contributed by atoms with Crippen molar-refractivity contribution in [2.75, 3.05) is 13.7 Å². The highest BCUT2D eigenvalue weighted by Crippen LogP contribution is 2.23. The third-order valence-corrected chi connectivity index (χ3v) is 5.28. The molecule has 0 aliphatic rings. The quantitative estimate of drug-likeness (QED) is 0.513. The number of hydrogen-bond donors (Lipinski definition) is 1. The topological polar surface area (TPSA) is 71.6 Å². The number of aromatic amines is 1. The fraction of sp³-hybridized carbons (Fsp3) is 0.280. The molecule has 2 aromatic carbocycles. The van der Waals surface area contributed by atoms with Gasteiger partial charge in [-0.3, -0.25) is 4.79 Å². The van der Waals surface area contributed by atoms with Crippen LogP contribution in [-0.2, 0) is 17.8 Å². The van der Waals surface area contributed by atoms with Crippen LogP contribution in [0.4, 0.5) is 4.39 Å². The highest BCUT2D eigenvalue weighted by atomic mass is 19.1. The SMILES string of the molecule is CCOC(=O)c1c(C)[nH]c(CN(Cc2ccc(OC)cc2)C(=O)c2ccc(F)cc2)c1C. The lowest BCUT2D eigenvalue weighted by Crippen LogP contribution is -2.30. The highest BCUT2D eigenvalue weighted by molar-refractivity contribution is 5.95. The normalized spacial score (nSPS) is 10.7. The van der Waals surface area contributed by atoms with Crippen LogP contribution in [0.2, 0.25) is 0 Å². The summed E-state index contributed by atoms with van der Waals surface area (Å²) < 4.78 is 23.7. The third kappa shape index (κ3) is 5.17. The van der Waals surface area contributed by atoms with Crippen molar-refractivity contribution in [2.24, 2.45) is 0 Å². The van der Waals surface area contributed by atoms with Crippen LogP contribution in [0.25, 0.3) is 0 Å². The van der Waals surface area contributed by atoms with Gasteiger partial charge in [-0.2, -0.15) is 0 Å². The molecule has 0 saturated carbocycles. The van der Waals surface area contributed by atoms with Crippen molar-refractivity contribution in [2.45, 2.75) is 33.9 Å². The van der Waals surface area contributed by atoms with E-state index in [0.717, 1.165) is 22.6 Å². The van der Waals surface area contributed by atoms with Gasteiger partial charge in [-0.05, 0) is 68.3 Å². The number of carbonyl (C=O) groups is 2. The summed E-state index contributed by atoms with van der Waals surface area (Å²) in [5, 5.41) is 0. The molecular formula is C25H27FN2O4. The monoisotopic (exact) mass is 438 g/mol. The van der Waals surface area contributed by atoms with Crippen molar-refractivity contribution in [3.05, 3.63) is 88.0 Å². The minimum atomic E-state index is -0.404. The van der Waals surface area contributed by atoms with E-state index in [-0.39, 0.29) is 19.1 Å². The zero-order valence-electron chi connectivity index (χ0n) is 18.7. The molecule has 0 fully saturated rings. The molecule has 168 valence electrons. The summed E-state index contributed by atoms with van der Waals surface area (Å²) in [7, 11) is 1.59. The van der Waals surface area contributed by atoms with E-state index in [1.54, 1.807) is 25.9 Å². The Hall–Kier alpha value is -3.61. The third-order valence-electron chi connectivity index (χ3n) is 5.28. The van der Waals surface area contributed by atoms with Crippen LogP contribution < -0.4 is 4.74 Å². The van der Waals surface area contributed by atoms with Crippen LogP contribution in [0, 0.1) is 19.7 Å². The summed E-state index contributed by atoms with van der Waals surface area (Å²) in [6.45, 7) is 6.25. The number of ether oxygens (including phenoxy) is 2. The van der Waals surface area contributed by atoms with Gasteiger partial charge in [-0.15, -0.1) is 0 Å². The van der Waals surface area contributed by atoms with Gasteiger partial charge in [-0.1, -0.05) is 12.1 Å². The Balaban J connectivity index is 1.93. The number of H-pyrrole nitrogens is 1. The van der Waals surface area contributed by atoms with Gasteiger partial charge in [0.15, 0.2) is 0 Å². The van der Waals surface area contributed by atoms with Gasteiger partial charge < -0.3 is 19.4 Å². The molecule has 32 heavy (non-hydrogen) atoms. The van der Waals surface area contributed by atoms with Gasteiger partial charge in [0, 0.05) is 23.5 Å². The number of benzene rings is 2. The molecule has 0 radical (unpaired) electrons. The number of carbonyl (C=O) groups excluding carboxylic acids is 2. The van der Waals surface area contributed by atoms with Gasteiger partial charge in [0.05, 0.1) is 25.8 Å². The van der Waals surface area contributed by atoms with Crippen molar-refractivity contribution in [1.82, 2.24) is 9.88 Å². The van der Waals surface area contributed by atoms with Crippen LogP contribution in [0.15, 0.2) is 48.5 Å². The second kappa shape index (κ2) is 10.1. The molecule has 6 nitrogen and oxygen atoms in total. The fourth-order valence-electron chi connectivity index (χ4n) is 3.60. The van der Waals surface area contributed by atoms with Crippen LogP contribution in [0.3, 0.4) is 0 Å². The molecule has 0 saturated heterocycles. The van der Waals surface area contributed by atoms with Gasteiger partial charge in [-0.25, -0.2) is 9.18 Å². The van der Waals surface area contributed by atoms with Crippen LogP contribution in [0.5, 0.6) is 5.75 Å². The standard InChI is InChI=1S/C25H27FN2O4/c1-5-32-25(30)23-16(2)22(27-17(23)3)15-28(14-18-6-12-21(31-4)13-7-18)24(29)19-8-10-20(26)11-9-19/h6-13,27H,5,14-15H2,1-4H3. The maximum absolute atomic E-state index is 13.4. The average Bonchev–Trinajstić information content (AvgIpc) is 3.06. The van der Waals surface area contributed by atoms with E-state index in [1.807, 2.05) is 31.2 Å². The number of nitrogens with one attached hydrogen (secondary N) is 1. The van der Waals surface area contributed by atoms with Gasteiger partial charge in [0.25, 0.3) is 5.91 Å². The Morgan fingerprint density at radius 1 is 1.00 bits per heavy atom. The Bertz CT molecular complexity index is 1090. The maximum atomic E-state index is 13.4. The molecule has 3 aromatic rings. The number of aromatic nitrogens is 1. The van der Waals surface area contributed by atoms with Crippen LogP contribution >= 0.6 is 0 Å². The predicted molar refractivity (Wildman–Crippen MR) is 119 cm³/mol. The molecule has 7 heteroatoms. The first-order chi connectivity index (χ1) is 15.3. The maximum Gasteiger partial charge on any atom is 0.340 e. The minimum absolute atomic E-state index is 0.244. The first-order valence-electron chi connectivity index (χ1n) is 10.4. The molecule has 0 aliphatic heterocycles. The summed E-state index contributed by atoms with van der Waals surface area (Å²) in [5.41, 5.74) is 3.96. The molecule has 0 aliphatic carbocycles. The number of nitrogens with zero attached hydrogens (tertiary/aromatic N) is 1. The second-order valence-electron chi connectivity index (χ2n) is 7.47. The van der Waals surface area contributed by atoms with Crippen LogP contribution in [0.1, 0.15) is 50.2 Å². The number of methoxy groups -OCH3 is 1. The molecule has 1 heterocycles. The predicted octanol–water partition coefficient (Wildman–Crippen LogP) is 4.80. The van der Waals surface area contributed by atoms with Crippen molar-refractivity contribution in [3.63, 3.8) is 0 Å². The molecule has 0 atom stereocenters. The number of halogens is 1. The molecule has 0 unspecified atom stereocenters. The Kier molecular flexibility index (Phi) is 7.30. The lowest BCUT2D eigenvalue weighted by molar-refractivity contribution is 0.0524. The van der Waals surface area contributed by atoms with E-state index in [0.29, 0.717) is 23.4 Å². The summed E-state index contributed by atoms with van der Waals surface area (Å²) in [6, 6.07) is 12.9. The molecule has 0 spiro atoms. The average molecular weight is 438 g/mol. The summed E-state index contributed by atoms with van der Waals surface area (Å²) in [5.74, 6) is -0.319. The Morgan fingerprint density at radius 2 is 1.66 bits per heavy atom. The van der Waals surface area contributed by atoms with E-state index in [4.69, 9.17) is 9.47 Å². The molecule has 1 amide bonds.